The van der Waals surface area contributed by atoms with E-state index >= 15 is 0 Å². The molecule has 4 N–H and O–H groups in total. The Hall–Kier alpha value is -3.09. The van der Waals surface area contributed by atoms with Gasteiger partial charge in [-0.05, 0) is 67.2 Å². The summed E-state index contributed by atoms with van der Waals surface area (Å²) in [6, 6.07) is -1.02. The molecule has 2 aliphatic carbocycles. The molecule has 0 saturated heterocycles. The van der Waals surface area contributed by atoms with Gasteiger partial charge in [-0.2, -0.15) is 0 Å². The Labute approximate surface area is 222 Å². The number of alkyl carbamates (subject to hydrolysis) is 2. The number of amides is 2. The van der Waals surface area contributed by atoms with Gasteiger partial charge in [-0.3, -0.25) is 14.4 Å². The fourth-order valence-electron chi connectivity index (χ4n) is 4.14. The molecule has 2 amide bonds. The van der Waals surface area contributed by atoms with Gasteiger partial charge in [-0.15, -0.1) is 0 Å². The van der Waals surface area contributed by atoms with Crippen molar-refractivity contribution in [3.63, 3.8) is 0 Å². The molecule has 13 nitrogen and oxygen atoms in total. The molecule has 0 radical (unpaired) electrons. The van der Waals surface area contributed by atoms with Gasteiger partial charge in [0.15, 0.2) is 0 Å². The Kier molecular flexibility index (Phi) is 11.8. The molecule has 0 bridgehead atoms. The van der Waals surface area contributed by atoms with E-state index in [0.29, 0.717) is 12.8 Å². The quantitative estimate of drug-likeness (QED) is 0.292. The smallest absolute Gasteiger partial charge is 0.408 e. The van der Waals surface area contributed by atoms with Gasteiger partial charge < -0.3 is 39.8 Å². The third-order valence-corrected chi connectivity index (χ3v) is 5.64. The maximum Gasteiger partial charge on any atom is 0.408 e. The predicted molar refractivity (Wildman–Crippen MR) is 133 cm³/mol. The van der Waals surface area contributed by atoms with E-state index in [2.05, 4.69) is 10.6 Å². The maximum atomic E-state index is 11.8. The Bertz CT molecular complexity index is 862. The molecule has 2 fully saturated rings. The largest absolute Gasteiger partial charge is 0.481 e. The fraction of sp³-hybridized carbons (Fsp3) is 0.800. The summed E-state index contributed by atoms with van der Waals surface area (Å²) in [5.74, 6) is -2.79. The number of hydrogen-bond donors (Lipinski definition) is 4. The number of esters is 2. The van der Waals surface area contributed by atoms with Gasteiger partial charge in [0.1, 0.15) is 17.3 Å². The van der Waals surface area contributed by atoms with E-state index < -0.39 is 71.5 Å². The van der Waals surface area contributed by atoms with E-state index in [-0.39, 0.29) is 18.8 Å². The van der Waals surface area contributed by atoms with Crippen molar-refractivity contribution in [2.75, 3.05) is 7.11 Å². The fourth-order valence-corrected chi connectivity index (χ4v) is 4.14. The molecule has 0 spiro atoms. The van der Waals surface area contributed by atoms with E-state index in [0.717, 1.165) is 0 Å². The van der Waals surface area contributed by atoms with Crippen molar-refractivity contribution in [1.29, 1.82) is 0 Å². The molecule has 0 aromatic carbocycles. The van der Waals surface area contributed by atoms with Crippen LogP contribution in [-0.4, -0.2) is 82.9 Å². The molecule has 38 heavy (non-hydrogen) atoms. The first-order valence-corrected chi connectivity index (χ1v) is 12.5. The number of carbonyl (C=O) groups is 5. The number of rotatable bonds is 5. The molecule has 0 unspecified atom stereocenters. The van der Waals surface area contributed by atoms with Crippen LogP contribution < -0.4 is 10.6 Å². The van der Waals surface area contributed by atoms with E-state index in [4.69, 9.17) is 24.1 Å². The monoisotopic (exact) mass is 546 g/mol. The van der Waals surface area contributed by atoms with E-state index in [9.17, 15) is 29.1 Å². The highest BCUT2D eigenvalue weighted by atomic mass is 16.6. The Balaban J connectivity index is 0.000000389. The minimum atomic E-state index is -0.947. The summed E-state index contributed by atoms with van der Waals surface area (Å²) in [6.07, 6.45) is -1.55. The standard InChI is InChI=1S/C14H23NO6.C11H19NO5/c1-8(16)20-11-7-9(12(17)19-5)6-10(11)15-13(18)21-14(2,3)4;1-11(2,3)17-10(16)12-7-4-6(9(14)15)5-8(7)13/h9-11H,6-7H2,1-5H3,(H,15,18);6-8,13H,4-5H2,1-3H3,(H,12,16)(H,14,15)/t9-,10+,11+;6-,7+,8+/m11/s1. The van der Waals surface area contributed by atoms with Gasteiger partial charge in [-0.25, -0.2) is 9.59 Å². The van der Waals surface area contributed by atoms with Crippen LogP contribution in [0.5, 0.6) is 0 Å². The molecule has 0 aromatic heterocycles. The number of methoxy groups -OCH3 is 1. The molecule has 0 aliphatic heterocycles. The zero-order chi connectivity index (χ0) is 29.4. The number of carbonyl (C=O) groups excluding carboxylic acids is 4. The lowest BCUT2D eigenvalue weighted by Gasteiger charge is -2.24. The van der Waals surface area contributed by atoms with Gasteiger partial charge in [-0.1, -0.05) is 0 Å². The number of aliphatic hydroxyl groups is 1. The molecule has 0 heterocycles. The minimum absolute atomic E-state index is 0.162. The average molecular weight is 547 g/mol. The predicted octanol–water partition coefficient (Wildman–Crippen LogP) is 2.13. The van der Waals surface area contributed by atoms with Gasteiger partial charge in [0.25, 0.3) is 0 Å². The van der Waals surface area contributed by atoms with Crippen LogP contribution in [0.2, 0.25) is 0 Å². The van der Waals surface area contributed by atoms with Crippen LogP contribution in [0.25, 0.3) is 0 Å². The van der Waals surface area contributed by atoms with Crippen molar-refractivity contribution in [2.45, 2.75) is 110 Å². The summed E-state index contributed by atoms with van der Waals surface area (Å²) in [4.78, 5) is 56.7. The van der Waals surface area contributed by atoms with Crippen LogP contribution in [0.15, 0.2) is 0 Å². The molecule has 13 heteroatoms. The summed E-state index contributed by atoms with van der Waals surface area (Å²) in [6.45, 7) is 11.7. The van der Waals surface area contributed by atoms with Gasteiger partial charge in [0.2, 0.25) is 0 Å². The molecular weight excluding hydrogens is 504 g/mol. The van der Waals surface area contributed by atoms with Crippen LogP contribution >= 0.6 is 0 Å². The number of aliphatic hydroxyl groups excluding tert-OH is 1. The topological polar surface area (TPSA) is 187 Å². The zero-order valence-electron chi connectivity index (χ0n) is 23.4. The van der Waals surface area contributed by atoms with Crippen LogP contribution in [0.1, 0.15) is 74.1 Å². The lowest BCUT2D eigenvalue weighted by molar-refractivity contribution is -0.149. The second-order valence-corrected chi connectivity index (χ2v) is 11.4. The van der Waals surface area contributed by atoms with Crippen LogP contribution in [-0.2, 0) is 33.3 Å². The molecular formula is C25H42N2O11. The first-order chi connectivity index (χ1) is 17.3. The second-order valence-electron chi connectivity index (χ2n) is 11.4. The van der Waals surface area contributed by atoms with Crippen LogP contribution in [0, 0.1) is 11.8 Å². The third kappa shape index (κ3) is 12.0. The van der Waals surface area contributed by atoms with Crippen LogP contribution in [0.3, 0.4) is 0 Å². The summed E-state index contributed by atoms with van der Waals surface area (Å²) < 4.78 is 20.1. The lowest BCUT2D eigenvalue weighted by atomic mass is 10.1. The number of aliphatic carboxylic acids is 1. The highest BCUT2D eigenvalue weighted by Crippen LogP contribution is 2.30. The molecule has 6 atom stereocenters. The number of hydrogen-bond acceptors (Lipinski definition) is 10. The first kappa shape index (κ1) is 32.9. The highest BCUT2D eigenvalue weighted by molar-refractivity contribution is 5.74. The Morgan fingerprint density at radius 1 is 0.763 bits per heavy atom. The van der Waals surface area contributed by atoms with E-state index in [1.54, 1.807) is 41.5 Å². The average Bonchev–Trinajstić information content (AvgIpc) is 3.28. The SMILES string of the molecule is CC(C)(C)OC(=O)N[C@H]1C[C@@H](C(=O)O)C[C@@H]1O.COC(=O)[C@@H]1C[C@H](NC(=O)OC(C)(C)C)[C@@H](OC(C)=O)C1. The molecule has 218 valence electrons. The van der Waals surface area contributed by atoms with Crippen molar-refractivity contribution in [3.05, 3.63) is 0 Å². The summed E-state index contributed by atoms with van der Waals surface area (Å²) in [5, 5.41) is 23.6. The summed E-state index contributed by atoms with van der Waals surface area (Å²) >= 11 is 0. The van der Waals surface area contributed by atoms with Crippen molar-refractivity contribution in [3.8, 4) is 0 Å². The van der Waals surface area contributed by atoms with Crippen molar-refractivity contribution in [1.82, 2.24) is 10.6 Å². The van der Waals surface area contributed by atoms with Gasteiger partial charge >= 0.3 is 30.1 Å². The molecule has 2 rings (SSSR count). The maximum absolute atomic E-state index is 11.8. The van der Waals surface area contributed by atoms with Crippen molar-refractivity contribution >= 4 is 30.1 Å². The highest BCUT2D eigenvalue weighted by Gasteiger charge is 2.42. The lowest BCUT2D eigenvalue weighted by Crippen LogP contribution is -2.44. The van der Waals surface area contributed by atoms with Crippen molar-refractivity contribution < 1.29 is 53.1 Å². The first-order valence-electron chi connectivity index (χ1n) is 12.5. The molecule has 2 saturated carbocycles. The van der Waals surface area contributed by atoms with Crippen LogP contribution in [0.4, 0.5) is 9.59 Å². The minimum Gasteiger partial charge on any atom is -0.481 e. The van der Waals surface area contributed by atoms with E-state index in [1.807, 2.05) is 0 Å². The number of ether oxygens (including phenoxy) is 4. The number of carboxylic acids is 1. The summed E-state index contributed by atoms with van der Waals surface area (Å²) in [5.41, 5.74) is -1.23. The summed E-state index contributed by atoms with van der Waals surface area (Å²) in [7, 11) is 1.30. The number of carboxylic acid groups (broad SMARTS) is 1. The molecule has 0 aromatic rings. The van der Waals surface area contributed by atoms with E-state index in [1.165, 1.54) is 14.0 Å². The second kappa shape index (κ2) is 13.6. The van der Waals surface area contributed by atoms with Gasteiger partial charge in [0.05, 0.1) is 37.1 Å². The third-order valence-electron chi connectivity index (χ3n) is 5.64. The number of nitrogens with one attached hydrogen (secondary N) is 2. The normalized spacial score (nSPS) is 26.8. The van der Waals surface area contributed by atoms with Crippen molar-refractivity contribution in [2.24, 2.45) is 11.8 Å². The Morgan fingerprint density at radius 3 is 1.63 bits per heavy atom. The molecule has 2 aliphatic rings. The zero-order valence-corrected chi connectivity index (χ0v) is 23.4. The van der Waals surface area contributed by atoms with Gasteiger partial charge in [0, 0.05) is 6.92 Å². The Morgan fingerprint density at radius 2 is 1.24 bits per heavy atom.